The van der Waals surface area contributed by atoms with Gasteiger partial charge in [-0.25, -0.2) is 0 Å². The Morgan fingerprint density at radius 1 is 1.03 bits per heavy atom. The highest BCUT2D eigenvalue weighted by Crippen LogP contribution is 2.47. The smallest absolute Gasteiger partial charge is 0.247 e. The van der Waals surface area contributed by atoms with Crippen LogP contribution in [0, 0.1) is 5.41 Å². The molecule has 0 amide bonds. The van der Waals surface area contributed by atoms with E-state index in [1.807, 2.05) is 6.07 Å². The number of aryl methyl sites for hydroxylation is 1. The number of hydrogen-bond donors (Lipinski definition) is 2. The van der Waals surface area contributed by atoms with Crippen LogP contribution in [0.2, 0.25) is 0 Å². The van der Waals surface area contributed by atoms with Crippen LogP contribution < -0.4 is 5.73 Å². The van der Waals surface area contributed by atoms with E-state index in [1.54, 1.807) is 0 Å². The standard InChI is InChI=1S/C23H34N4O.ClH/c1-2-3-4-5-6-7-8-9-10-12-18-13-11-14-19(17-18)20-26-27-22(28-20)23(15-16-23)21(24)25;/h11,13-14,17H,2-10,12,15-16H2,1H3,(H3,24,25);1H. The molecule has 0 saturated heterocycles. The molecule has 5 nitrogen and oxygen atoms in total. The molecular weight excluding hydrogens is 384 g/mol. The van der Waals surface area contributed by atoms with Crippen LogP contribution >= 0.6 is 12.4 Å². The molecule has 0 atom stereocenters. The number of unbranched alkanes of at least 4 members (excludes halogenated alkanes) is 8. The van der Waals surface area contributed by atoms with Gasteiger partial charge in [0.1, 0.15) is 11.3 Å². The molecule has 1 aliphatic rings. The SMILES string of the molecule is CCCCCCCCCCCc1cccc(-c2nnc(C3(C(=N)N)CC3)o2)c1.Cl. The van der Waals surface area contributed by atoms with Crippen molar-refractivity contribution in [2.24, 2.45) is 5.73 Å². The molecule has 0 spiro atoms. The zero-order valence-electron chi connectivity index (χ0n) is 17.6. The number of amidine groups is 1. The van der Waals surface area contributed by atoms with Crippen molar-refractivity contribution in [2.45, 2.75) is 89.4 Å². The minimum absolute atomic E-state index is 0. The highest BCUT2D eigenvalue weighted by molar-refractivity contribution is 5.91. The third kappa shape index (κ3) is 6.30. The molecule has 2 aromatic rings. The molecule has 1 fully saturated rings. The van der Waals surface area contributed by atoms with Crippen molar-refractivity contribution in [3.63, 3.8) is 0 Å². The Morgan fingerprint density at radius 2 is 1.69 bits per heavy atom. The van der Waals surface area contributed by atoms with E-state index < -0.39 is 5.41 Å². The summed E-state index contributed by atoms with van der Waals surface area (Å²) in [6, 6.07) is 8.38. The van der Waals surface area contributed by atoms with Crippen LogP contribution in [0.25, 0.3) is 11.5 Å². The third-order valence-corrected chi connectivity index (χ3v) is 5.84. The first-order valence-electron chi connectivity index (χ1n) is 10.9. The average Bonchev–Trinajstić information content (AvgIpc) is 3.37. The topological polar surface area (TPSA) is 88.8 Å². The van der Waals surface area contributed by atoms with E-state index in [1.165, 1.54) is 63.4 Å². The highest BCUT2D eigenvalue weighted by atomic mass is 35.5. The van der Waals surface area contributed by atoms with E-state index in [0.29, 0.717) is 11.8 Å². The molecule has 1 aliphatic carbocycles. The van der Waals surface area contributed by atoms with Crippen LogP contribution in [-0.2, 0) is 11.8 Å². The first-order valence-corrected chi connectivity index (χ1v) is 10.9. The summed E-state index contributed by atoms with van der Waals surface area (Å²) in [6.45, 7) is 2.27. The average molecular weight is 419 g/mol. The lowest BCUT2D eigenvalue weighted by Gasteiger charge is -2.06. The Kier molecular flexibility index (Phi) is 9.15. The van der Waals surface area contributed by atoms with Gasteiger partial charge in [-0.1, -0.05) is 70.4 Å². The zero-order chi connectivity index (χ0) is 19.8. The van der Waals surface area contributed by atoms with Gasteiger partial charge in [0.25, 0.3) is 0 Å². The fourth-order valence-electron chi connectivity index (χ4n) is 3.76. The Labute approximate surface area is 180 Å². The quantitative estimate of drug-likeness (QED) is 0.230. The summed E-state index contributed by atoms with van der Waals surface area (Å²) in [5.41, 5.74) is 7.47. The maximum absolute atomic E-state index is 7.76. The number of halogens is 1. The molecule has 0 aliphatic heterocycles. The molecule has 0 bridgehead atoms. The Balaban J connectivity index is 0.00000300. The third-order valence-electron chi connectivity index (χ3n) is 5.84. The van der Waals surface area contributed by atoms with Crippen molar-refractivity contribution in [1.29, 1.82) is 5.41 Å². The second-order valence-electron chi connectivity index (χ2n) is 8.19. The molecular formula is C23H35ClN4O. The van der Waals surface area contributed by atoms with E-state index in [-0.39, 0.29) is 18.2 Å². The second kappa shape index (κ2) is 11.3. The monoisotopic (exact) mass is 418 g/mol. The predicted molar refractivity (Wildman–Crippen MR) is 121 cm³/mol. The predicted octanol–water partition coefficient (Wildman–Crippen LogP) is 6.20. The first-order chi connectivity index (χ1) is 13.7. The molecule has 1 heterocycles. The van der Waals surface area contributed by atoms with Crippen LogP contribution in [-0.4, -0.2) is 16.0 Å². The summed E-state index contributed by atoms with van der Waals surface area (Å²) >= 11 is 0. The van der Waals surface area contributed by atoms with Crippen molar-refractivity contribution in [1.82, 2.24) is 10.2 Å². The minimum Gasteiger partial charge on any atom is -0.420 e. The molecule has 3 N–H and O–H groups in total. The van der Waals surface area contributed by atoms with Crippen molar-refractivity contribution < 1.29 is 4.42 Å². The number of nitrogens with one attached hydrogen (secondary N) is 1. The molecule has 1 aromatic heterocycles. The Morgan fingerprint density at radius 3 is 2.31 bits per heavy atom. The number of benzene rings is 1. The van der Waals surface area contributed by atoms with E-state index in [9.17, 15) is 0 Å². The van der Waals surface area contributed by atoms with Crippen LogP contribution in [0.5, 0.6) is 0 Å². The summed E-state index contributed by atoms with van der Waals surface area (Å²) in [5.74, 6) is 1.14. The summed E-state index contributed by atoms with van der Waals surface area (Å²) in [4.78, 5) is 0. The van der Waals surface area contributed by atoms with Gasteiger partial charge >= 0.3 is 0 Å². The molecule has 160 valence electrons. The molecule has 6 heteroatoms. The molecule has 29 heavy (non-hydrogen) atoms. The molecule has 3 rings (SSSR count). The Bertz CT molecular complexity index is 770. The van der Waals surface area contributed by atoms with Crippen LogP contribution in [0.3, 0.4) is 0 Å². The van der Waals surface area contributed by atoms with E-state index in [4.69, 9.17) is 15.6 Å². The van der Waals surface area contributed by atoms with Gasteiger partial charge in [-0.2, -0.15) is 0 Å². The number of rotatable bonds is 13. The minimum atomic E-state index is -0.501. The summed E-state index contributed by atoms with van der Waals surface area (Å²) < 4.78 is 5.87. The highest BCUT2D eigenvalue weighted by Gasteiger charge is 2.52. The van der Waals surface area contributed by atoms with Crippen molar-refractivity contribution in [3.8, 4) is 11.5 Å². The van der Waals surface area contributed by atoms with Crippen molar-refractivity contribution in [2.75, 3.05) is 0 Å². The summed E-state index contributed by atoms with van der Waals surface area (Å²) in [6.07, 6.45) is 14.8. The molecule has 0 unspecified atom stereocenters. The first kappa shape index (κ1) is 23.4. The summed E-state index contributed by atoms with van der Waals surface area (Å²) in [5, 5.41) is 16.1. The van der Waals surface area contributed by atoms with Gasteiger partial charge in [0, 0.05) is 5.56 Å². The van der Waals surface area contributed by atoms with Crippen LogP contribution in [0.4, 0.5) is 0 Å². The molecule has 1 aromatic carbocycles. The maximum Gasteiger partial charge on any atom is 0.247 e. The second-order valence-corrected chi connectivity index (χ2v) is 8.19. The van der Waals surface area contributed by atoms with Gasteiger partial charge in [0.05, 0.1) is 0 Å². The van der Waals surface area contributed by atoms with E-state index >= 15 is 0 Å². The fourth-order valence-corrected chi connectivity index (χ4v) is 3.76. The van der Waals surface area contributed by atoms with E-state index in [0.717, 1.165) is 24.8 Å². The lowest BCUT2D eigenvalue weighted by atomic mass is 10.0. The number of hydrogen-bond acceptors (Lipinski definition) is 4. The van der Waals surface area contributed by atoms with Gasteiger partial charge in [0.2, 0.25) is 11.8 Å². The van der Waals surface area contributed by atoms with Gasteiger partial charge in [-0.3, -0.25) is 5.41 Å². The number of aromatic nitrogens is 2. The van der Waals surface area contributed by atoms with E-state index in [2.05, 4.69) is 35.3 Å². The van der Waals surface area contributed by atoms with Gasteiger partial charge in [-0.15, -0.1) is 22.6 Å². The largest absolute Gasteiger partial charge is 0.420 e. The molecule has 1 saturated carbocycles. The van der Waals surface area contributed by atoms with Gasteiger partial charge in [-0.05, 0) is 43.4 Å². The Hall–Kier alpha value is -1.88. The van der Waals surface area contributed by atoms with Gasteiger partial charge < -0.3 is 10.2 Å². The lowest BCUT2D eigenvalue weighted by Crippen LogP contribution is -2.27. The lowest BCUT2D eigenvalue weighted by molar-refractivity contribution is 0.485. The van der Waals surface area contributed by atoms with Gasteiger partial charge in [0.15, 0.2) is 0 Å². The maximum atomic E-state index is 7.76. The number of nitrogens with zero attached hydrogens (tertiary/aromatic N) is 2. The fraction of sp³-hybridized carbons (Fsp3) is 0.609. The van der Waals surface area contributed by atoms with Crippen molar-refractivity contribution in [3.05, 3.63) is 35.7 Å². The van der Waals surface area contributed by atoms with Crippen molar-refractivity contribution >= 4 is 18.2 Å². The zero-order valence-corrected chi connectivity index (χ0v) is 18.4. The number of nitrogens with two attached hydrogens (primary N) is 1. The van der Waals surface area contributed by atoms with Crippen LogP contribution in [0.1, 0.15) is 89.0 Å². The van der Waals surface area contributed by atoms with Crippen LogP contribution in [0.15, 0.2) is 28.7 Å². The normalized spacial score (nSPS) is 14.4. The molecule has 0 radical (unpaired) electrons. The summed E-state index contributed by atoms with van der Waals surface area (Å²) in [7, 11) is 0.